The van der Waals surface area contributed by atoms with E-state index in [2.05, 4.69) is 35.4 Å². The highest BCUT2D eigenvalue weighted by Gasteiger charge is 2.29. The average Bonchev–Trinajstić information content (AvgIpc) is 2.84. The average molecular weight is 420 g/mol. The van der Waals surface area contributed by atoms with Gasteiger partial charge in [0.25, 0.3) is 5.69 Å². The number of rotatable bonds is 4. The summed E-state index contributed by atoms with van der Waals surface area (Å²) < 4.78 is 0. The Kier molecular flexibility index (Phi) is 5.31. The zero-order valence-corrected chi connectivity index (χ0v) is 17.1. The van der Waals surface area contributed by atoms with Crippen LogP contribution in [0.2, 0.25) is 0 Å². The minimum atomic E-state index is -0.304. The molecule has 2 saturated heterocycles. The maximum atomic E-state index is 12.0. The van der Waals surface area contributed by atoms with Crippen molar-refractivity contribution in [2.75, 3.05) is 55.6 Å². The molecule has 1 aromatic carbocycles. The molecule has 2 aromatic heterocycles. The minimum Gasteiger partial charge on any atom is -0.363 e. The van der Waals surface area contributed by atoms with Crippen molar-refractivity contribution < 1.29 is 4.92 Å². The van der Waals surface area contributed by atoms with Crippen molar-refractivity contribution in [3.63, 3.8) is 0 Å². The third-order valence-corrected chi connectivity index (χ3v) is 5.91. The summed E-state index contributed by atoms with van der Waals surface area (Å²) in [6.07, 6.45) is 3.33. The smallest absolute Gasteiger partial charge is 0.293 e. The number of anilines is 2. The molecule has 2 aliphatic rings. The molecular weight excluding hydrogens is 396 g/mol. The number of benzene rings is 1. The molecule has 0 aliphatic carbocycles. The number of hydrogen-bond donors (Lipinski definition) is 2. The van der Waals surface area contributed by atoms with Gasteiger partial charge in [0, 0.05) is 63.5 Å². The molecule has 1 atom stereocenters. The number of nitrogens with zero attached hydrogens (tertiary/aromatic N) is 6. The normalized spacial score (nSPS) is 19.5. The fraction of sp³-hybridized carbons (Fsp3) is 0.381. The van der Waals surface area contributed by atoms with Crippen LogP contribution >= 0.6 is 0 Å². The molecule has 2 N–H and O–H groups in total. The maximum Gasteiger partial charge on any atom is 0.293 e. The lowest BCUT2D eigenvalue weighted by molar-refractivity contribution is -0.384. The first-order valence-corrected chi connectivity index (χ1v) is 10.5. The second-order valence-electron chi connectivity index (χ2n) is 7.72. The third-order valence-electron chi connectivity index (χ3n) is 5.91. The van der Waals surface area contributed by atoms with Crippen molar-refractivity contribution in [1.82, 2.24) is 25.6 Å². The highest BCUT2D eigenvalue weighted by Crippen LogP contribution is 2.37. The van der Waals surface area contributed by atoms with Gasteiger partial charge in [0.15, 0.2) is 0 Å². The standard InChI is InChI=1S/C21H24N8O2/c30-29(31)19-11-15-17(12-18(19)27-8-5-22-6-9-27)25-14-26-21(15)28-10-7-23-13-20(28)16-3-1-2-4-24-16/h1-4,11-12,14,20,22-23H,5-10,13H2. The van der Waals surface area contributed by atoms with E-state index < -0.39 is 0 Å². The summed E-state index contributed by atoms with van der Waals surface area (Å²) >= 11 is 0. The molecule has 10 nitrogen and oxygen atoms in total. The summed E-state index contributed by atoms with van der Waals surface area (Å²) in [4.78, 5) is 29.4. The van der Waals surface area contributed by atoms with Gasteiger partial charge in [-0.2, -0.15) is 0 Å². The van der Waals surface area contributed by atoms with Gasteiger partial charge in [0.05, 0.1) is 22.2 Å². The zero-order valence-electron chi connectivity index (χ0n) is 17.1. The summed E-state index contributed by atoms with van der Waals surface area (Å²) in [5.41, 5.74) is 2.36. The van der Waals surface area contributed by atoms with Crippen LogP contribution in [0.4, 0.5) is 17.2 Å². The highest BCUT2D eigenvalue weighted by atomic mass is 16.6. The molecule has 0 radical (unpaired) electrons. The van der Waals surface area contributed by atoms with Crippen LogP contribution in [0.5, 0.6) is 0 Å². The SMILES string of the molecule is O=[N+]([O-])c1cc2c(N3CCNCC3c3ccccn3)ncnc2cc1N1CCNCC1. The van der Waals surface area contributed by atoms with Crippen LogP contribution in [0, 0.1) is 10.1 Å². The fourth-order valence-electron chi connectivity index (χ4n) is 4.40. The van der Waals surface area contributed by atoms with Gasteiger partial charge in [0.1, 0.15) is 17.8 Å². The molecular formula is C21H24N8O2. The number of fused-ring (bicyclic) bond motifs is 1. The first-order chi connectivity index (χ1) is 15.2. The molecule has 160 valence electrons. The van der Waals surface area contributed by atoms with Crippen LogP contribution < -0.4 is 20.4 Å². The number of nitro benzene ring substituents is 1. The number of piperazine rings is 2. The molecule has 0 bridgehead atoms. The fourth-order valence-corrected chi connectivity index (χ4v) is 4.40. The molecule has 2 fully saturated rings. The Labute approximate surface area is 179 Å². The predicted molar refractivity (Wildman–Crippen MR) is 118 cm³/mol. The van der Waals surface area contributed by atoms with Crippen molar-refractivity contribution >= 4 is 28.1 Å². The van der Waals surface area contributed by atoms with Crippen LogP contribution in [0.25, 0.3) is 10.9 Å². The van der Waals surface area contributed by atoms with Gasteiger partial charge in [-0.15, -0.1) is 0 Å². The highest BCUT2D eigenvalue weighted by molar-refractivity contribution is 5.95. The van der Waals surface area contributed by atoms with Crippen LogP contribution in [-0.4, -0.2) is 65.7 Å². The molecule has 0 amide bonds. The van der Waals surface area contributed by atoms with E-state index in [1.165, 1.54) is 0 Å². The van der Waals surface area contributed by atoms with Crippen molar-refractivity contribution in [1.29, 1.82) is 0 Å². The van der Waals surface area contributed by atoms with Gasteiger partial charge in [-0.05, 0) is 18.2 Å². The molecule has 0 saturated carbocycles. The van der Waals surface area contributed by atoms with Gasteiger partial charge in [-0.1, -0.05) is 6.07 Å². The molecule has 1 unspecified atom stereocenters. The Morgan fingerprint density at radius 1 is 1.03 bits per heavy atom. The number of nitrogens with one attached hydrogen (secondary N) is 2. The lowest BCUT2D eigenvalue weighted by Crippen LogP contribution is -2.46. The topological polar surface area (TPSA) is 112 Å². The Morgan fingerprint density at radius 3 is 2.65 bits per heavy atom. The second-order valence-corrected chi connectivity index (χ2v) is 7.72. The van der Waals surface area contributed by atoms with E-state index in [4.69, 9.17) is 0 Å². The maximum absolute atomic E-state index is 12.0. The number of aromatic nitrogens is 3. The predicted octanol–water partition coefficient (Wildman–Crippen LogP) is 1.49. The van der Waals surface area contributed by atoms with Gasteiger partial charge in [0.2, 0.25) is 0 Å². The lowest BCUT2D eigenvalue weighted by atomic mass is 10.1. The van der Waals surface area contributed by atoms with E-state index in [0.29, 0.717) is 22.4 Å². The van der Waals surface area contributed by atoms with E-state index in [9.17, 15) is 10.1 Å². The first-order valence-electron chi connectivity index (χ1n) is 10.5. The first kappa shape index (κ1) is 19.6. The van der Waals surface area contributed by atoms with Crippen molar-refractivity contribution in [2.24, 2.45) is 0 Å². The Morgan fingerprint density at radius 2 is 1.87 bits per heavy atom. The summed E-state index contributed by atoms with van der Waals surface area (Å²) in [7, 11) is 0. The number of hydrogen-bond acceptors (Lipinski definition) is 9. The monoisotopic (exact) mass is 420 g/mol. The van der Waals surface area contributed by atoms with E-state index in [1.54, 1.807) is 18.6 Å². The van der Waals surface area contributed by atoms with E-state index >= 15 is 0 Å². The van der Waals surface area contributed by atoms with Crippen molar-refractivity contribution in [3.8, 4) is 0 Å². The largest absolute Gasteiger partial charge is 0.363 e. The summed E-state index contributed by atoms with van der Waals surface area (Å²) in [6.45, 7) is 5.31. The molecule has 10 heteroatoms. The van der Waals surface area contributed by atoms with E-state index in [1.807, 2.05) is 24.3 Å². The Balaban J connectivity index is 1.62. The lowest BCUT2D eigenvalue weighted by Gasteiger charge is -2.37. The van der Waals surface area contributed by atoms with Crippen LogP contribution in [0.3, 0.4) is 0 Å². The Hall–Kier alpha value is -3.37. The van der Waals surface area contributed by atoms with Gasteiger partial charge >= 0.3 is 0 Å². The summed E-state index contributed by atoms with van der Waals surface area (Å²) in [5.74, 6) is 0.706. The number of pyridine rings is 1. The molecule has 4 heterocycles. The molecule has 0 spiro atoms. The molecule has 3 aromatic rings. The van der Waals surface area contributed by atoms with Crippen LogP contribution in [0.1, 0.15) is 11.7 Å². The van der Waals surface area contributed by atoms with E-state index in [0.717, 1.165) is 51.5 Å². The van der Waals surface area contributed by atoms with Crippen LogP contribution in [-0.2, 0) is 0 Å². The quantitative estimate of drug-likeness (QED) is 0.479. The summed E-state index contributed by atoms with van der Waals surface area (Å²) in [6, 6.07) is 9.32. The summed E-state index contributed by atoms with van der Waals surface area (Å²) in [5, 5.41) is 19.4. The molecule has 5 rings (SSSR count). The van der Waals surface area contributed by atoms with Gasteiger partial charge in [-0.25, -0.2) is 9.97 Å². The third kappa shape index (κ3) is 3.75. The Bertz CT molecular complexity index is 1090. The van der Waals surface area contributed by atoms with Gasteiger partial charge in [-0.3, -0.25) is 15.1 Å². The van der Waals surface area contributed by atoms with Gasteiger partial charge < -0.3 is 20.4 Å². The van der Waals surface area contributed by atoms with E-state index in [-0.39, 0.29) is 16.7 Å². The zero-order chi connectivity index (χ0) is 21.2. The van der Waals surface area contributed by atoms with Crippen LogP contribution in [0.15, 0.2) is 42.9 Å². The van der Waals surface area contributed by atoms with Crippen molar-refractivity contribution in [3.05, 3.63) is 58.7 Å². The molecule has 2 aliphatic heterocycles. The molecule has 31 heavy (non-hydrogen) atoms. The minimum absolute atomic E-state index is 0.0139. The second kappa shape index (κ2) is 8.40. The van der Waals surface area contributed by atoms with Crippen molar-refractivity contribution in [2.45, 2.75) is 6.04 Å². The number of nitro groups is 1.